The van der Waals surface area contributed by atoms with Gasteiger partial charge in [-0.25, -0.2) is 13.2 Å². The van der Waals surface area contributed by atoms with Crippen LogP contribution in [0, 0.1) is 17.5 Å². The molecule has 3 rings (SSSR count). The highest BCUT2D eigenvalue weighted by Crippen LogP contribution is 2.34. The number of nitrogens with two attached hydrogens (primary N) is 1. The lowest BCUT2D eigenvalue weighted by Crippen LogP contribution is -2.46. The van der Waals surface area contributed by atoms with Crippen LogP contribution in [-0.2, 0) is 12.7 Å². The summed E-state index contributed by atoms with van der Waals surface area (Å²) in [6.07, 6.45) is -3.64. The summed E-state index contributed by atoms with van der Waals surface area (Å²) < 4.78 is 82.6. The lowest BCUT2D eigenvalue weighted by molar-refractivity contribution is -0.138. The van der Waals surface area contributed by atoms with Gasteiger partial charge in [-0.15, -0.1) is 0 Å². The van der Waals surface area contributed by atoms with E-state index in [1.807, 2.05) is 0 Å². The summed E-state index contributed by atoms with van der Waals surface area (Å²) in [6.45, 7) is 0.699. The Morgan fingerprint density at radius 3 is 2.38 bits per heavy atom. The van der Waals surface area contributed by atoms with E-state index in [1.54, 1.807) is 9.80 Å². The summed E-state index contributed by atoms with van der Waals surface area (Å²) in [5.74, 6) is -2.35. The molecular formula is C20H19F6N5S. The second-order valence-corrected chi connectivity index (χ2v) is 7.53. The van der Waals surface area contributed by atoms with Gasteiger partial charge in [-0.1, -0.05) is 6.07 Å². The number of thiocarbonyl (C=S) groups is 1. The van der Waals surface area contributed by atoms with Gasteiger partial charge in [-0.3, -0.25) is 10.3 Å². The predicted molar refractivity (Wildman–Crippen MR) is 113 cm³/mol. The molecule has 0 amide bonds. The lowest BCUT2D eigenvalue weighted by Gasteiger charge is -2.36. The van der Waals surface area contributed by atoms with Gasteiger partial charge in [0.2, 0.25) is 0 Å². The zero-order valence-electron chi connectivity index (χ0n) is 16.6. The minimum Gasteiger partial charge on any atom is -0.375 e. The maximum Gasteiger partial charge on any atom is 0.416 e. The molecule has 1 heterocycles. The van der Waals surface area contributed by atoms with E-state index in [2.05, 4.69) is 22.7 Å². The molecule has 1 saturated heterocycles. The molecule has 2 aromatic rings. The van der Waals surface area contributed by atoms with Crippen LogP contribution in [0.2, 0.25) is 0 Å². The molecule has 0 aliphatic carbocycles. The van der Waals surface area contributed by atoms with Crippen molar-refractivity contribution < 1.29 is 26.3 Å². The second-order valence-electron chi connectivity index (χ2n) is 7.09. The predicted octanol–water partition coefficient (Wildman–Crippen LogP) is 3.61. The molecule has 172 valence electrons. The highest BCUT2D eigenvalue weighted by Gasteiger charge is 2.35. The summed E-state index contributed by atoms with van der Waals surface area (Å²) in [5.41, 5.74) is 5.88. The molecule has 0 aromatic heterocycles. The average Bonchev–Trinajstić information content (AvgIpc) is 2.71. The quantitative estimate of drug-likeness (QED) is 0.300. The van der Waals surface area contributed by atoms with Crippen molar-refractivity contribution in [2.45, 2.75) is 12.7 Å². The monoisotopic (exact) mass is 475 g/mol. The smallest absolute Gasteiger partial charge is 0.375 e. The van der Waals surface area contributed by atoms with E-state index >= 15 is 0 Å². The van der Waals surface area contributed by atoms with E-state index < -0.39 is 34.8 Å². The number of halogens is 6. The van der Waals surface area contributed by atoms with Gasteiger partial charge in [0.15, 0.2) is 5.11 Å². The fourth-order valence-corrected chi connectivity index (χ4v) is 3.47. The highest BCUT2D eigenvalue weighted by atomic mass is 32.1. The Hall–Kier alpha value is -2.86. The Morgan fingerprint density at radius 2 is 1.75 bits per heavy atom. The van der Waals surface area contributed by atoms with Crippen LogP contribution in [0.15, 0.2) is 35.4 Å². The molecule has 5 nitrogen and oxygen atoms in total. The molecule has 1 aliphatic rings. The first-order valence-corrected chi connectivity index (χ1v) is 9.86. The van der Waals surface area contributed by atoms with E-state index in [1.165, 1.54) is 0 Å². The number of benzene rings is 2. The van der Waals surface area contributed by atoms with Crippen molar-refractivity contribution in [1.82, 2.24) is 10.3 Å². The fraction of sp³-hybridized carbons (Fsp3) is 0.300. The van der Waals surface area contributed by atoms with Crippen molar-refractivity contribution in [3.8, 4) is 0 Å². The first kappa shape index (κ1) is 23.8. The molecule has 0 spiro atoms. The molecule has 0 atom stereocenters. The molecular weight excluding hydrogens is 456 g/mol. The number of nitrogens with zero attached hydrogens (tertiary/aromatic N) is 3. The van der Waals surface area contributed by atoms with Gasteiger partial charge in [0, 0.05) is 49.9 Å². The SMILES string of the molecule is NC(=S)N/N=C/c1cc(F)c(N2CCN(Cc3c(F)cccc3C(F)(F)F)CC2)cc1F. The van der Waals surface area contributed by atoms with Crippen LogP contribution in [0.3, 0.4) is 0 Å². The molecule has 1 aliphatic heterocycles. The normalized spacial score (nSPS) is 15.4. The first-order valence-electron chi connectivity index (χ1n) is 9.45. The molecule has 0 saturated carbocycles. The average molecular weight is 475 g/mol. The molecule has 12 heteroatoms. The number of hydrogen-bond acceptors (Lipinski definition) is 4. The second kappa shape index (κ2) is 9.74. The third-order valence-corrected chi connectivity index (χ3v) is 5.05. The van der Waals surface area contributed by atoms with E-state index in [0.29, 0.717) is 0 Å². The van der Waals surface area contributed by atoms with Crippen molar-refractivity contribution in [1.29, 1.82) is 0 Å². The number of hydrogen-bond donors (Lipinski definition) is 2. The van der Waals surface area contributed by atoms with Crippen molar-refractivity contribution in [3.05, 3.63) is 64.5 Å². The van der Waals surface area contributed by atoms with Crippen LogP contribution < -0.4 is 16.1 Å². The number of hydrazone groups is 1. The molecule has 1 fully saturated rings. The molecule has 2 aromatic carbocycles. The number of piperazine rings is 1. The molecule has 0 bridgehead atoms. The van der Waals surface area contributed by atoms with Crippen LogP contribution >= 0.6 is 12.2 Å². The maximum absolute atomic E-state index is 14.6. The maximum atomic E-state index is 14.6. The topological polar surface area (TPSA) is 56.9 Å². The lowest BCUT2D eigenvalue weighted by atomic mass is 10.1. The van der Waals surface area contributed by atoms with Crippen LogP contribution in [0.4, 0.5) is 32.0 Å². The number of nitrogens with one attached hydrogen (secondary N) is 1. The summed E-state index contributed by atoms with van der Waals surface area (Å²) >= 11 is 4.56. The minimum absolute atomic E-state index is 0.0171. The zero-order valence-corrected chi connectivity index (χ0v) is 17.4. The van der Waals surface area contributed by atoms with E-state index in [9.17, 15) is 26.3 Å². The van der Waals surface area contributed by atoms with Crippen molar-refractivity contribution >= 4 is 29.2 Å². The Bertz CT molecular complexity index is 1020. The summed E-state index contributed by atoms with van der Waals surface area (Å²) in [6, 6.07) is 4.84. The Labute approximate surface area is 185 Å². The Kier molecular flexibility index (Phi) is 7.24. The van der Waals surface area contributed by atoms with E-state index in [-0.39, 0.29) is 49.1 Å². The highest BCUT2D eigenvalue weighted by molar-refractivity contribution is 7.80. The fourth-order valence-electron chi connectivity index (χ4n) is 3.41. The standard InChI is InChI=1S/C20H19F6N5S/c21-15-3-1-2-14(20(24,25)26)13(15)11-30-4-6-31(7-5-30)18-9-16(22)12(8-17(18)23)10-28-29-19(27)32/h1-3,8-10H,4-7,11H2,(H3,27,29,32)/b28-10+. The van der Waals surface area contributed by atoms with Gasteiger partial charge in [0.05, 0.1) is 17.5 Å². The van der Waals surface area contributed by atoms with E-state index in [4.69, 9.17) is 5.73 Å². The van der Waals surface area contributed by atoms with Crippen LogP contribution in [0.5, 0.6) is 0 Å². The van der Waals surface area contributed by atoms with Gasteiger partial charge in [-0.2, -0.15) is 18.3 Å². The third-order valence-electron chi connectivity index (χ3n) is 4.96. The first-order chi connectivity index (χ1) is 15.1. The minimum atomic E-state index is -4.67. The van der Waals surface area contributed by atoms with Crippen LogP contribution in [0.1, 0.15) is 16.7 Å². The summed E-state index contributed by atoms with van der Waals surface area (Å²) in [7, 11) is 0. The van der Waals surface area contributed by atoms with Gasteiger partial charge in [0.1, 0.15) is 17.5 Å². The Balaban J connectivity index is 1.69. The Morgan fingerprint density at radius 1 is 1.06 bits per heavy atom. The molecule has 0 radical (unpaired) electrons. The number of alkyl halides is 3. The van der Waals surface area contributed by atoms with Crippen molar-refractivity contribution in [2.24, 2.45) is 10.8 Å². The third kappa shape index (κ3) is 5.68. The molecule has 32 heavy (non-hydrogen) atoms. The van der Waals surface area contributed by atoms with Gasteiger partial charge in [0.25, 0.3) is 0 Å². The van der Waals surface area contributed by atoms with Gasteiger partial charge in [-0.05, 0) is 30.4 Å². The van der Waals surface area contributed by atoms with E-state index in [0.717, 1.165) is 36.5 Å². The van der Waals surface area contributed by atoms with Gasteiger partial charge < -0.3 is 10.6 Å². The van der Waals surface area contributed by atoms with Crippen LogP contribution in [-0.4, -0.2) is 42.4 Å². The van der Waals surface area contributed by atoms with Crippen molar-refractivity contribution in [3.63, 3.8) is 0 Å². The summed E-state index contributed by atoms with van der Waals surface area (Å²) in [5, 5.41) is 3.46. The largest absolute Gasteiger partial charge is 0.416 e. The van der Waals surface area contributed by atoms with Crippen molar-refractivity contribution in [2.75, 3.05) is 31.1 Å². The van der Waals surface area contributed by atoms with Gasteiger partial charge >= 0.3 is 6.18 Å². The van der Waals surface area contributed by atoms with Crippen LogP contribution in [0.25, 0.3) is 0 Å². The molecule has 0 unspecified atom stereocenters. The number of rotatable bonds is 5. The molecule has 3 N–H and O–H groups in total. The zero-order chi connectivity index (χ0) is 23.5. The number of anilines is 1. The summed E-state index contributed by atoms with van der Waals surface area (Å²) in [4.78, 5) is 3.22.